The standard InChI is InChI=1S/C18H17N7O/c1-11-21-13-5-3-4-6-14(13)25(11)18-23-15(19)9-16(24-18)22-12-7-8-17(26-2)20-10-12/h3-10H,1-2H3,(H3,19,22,23,24). The van der Waals surface area contributed by atoms with Gasteiger partial charge in [-0.15, -0.1) is 0 Å². The molecule has 0 aliphatic heterocycles. The van der Waals surface area contributed by atoms with E-state index in [0.717, 1.165) is 22.5 Å². The topological polar surface area (TPSA) is 104 Å². The number of imidazole rings is 1. The van der Waals surface area contributed by atoms with Gasteiger partial charge >= 0.3 is 0 Å². The van der Waals surface area contributed by atoms with Gasteiger partial charge in [-0.1, -0.05) is 12.1 Å². The first-order valence-corrected chi connectivity index (χ1v) is 8.00. The Morgan fingerprint density at radius 1 is 1.08 bits per heavy atom. The van der Waals surface area contributed by atoms with Crippen molar-refractivity contribution in [1.82, 2.24) is 24.5 Å². The van der Waals surface area contributed by atoms with Gasteiger partial charge in [-0.2, -0.15) is 9.97 Å². The monoisotopic (exact) mass is 347 g/mol. The van der Waals surface area contributed by atoms with E-state index in [1.807, 2.05) is 41.8 Å². The van der Waals surface area contributed by atoms with Gasteiger partial charge in [-0.05, 0) is 25.1 Å². The highest BCUT2D eigenvalue weighted by Crippen LogP contribution is 2.22. The zero-order chi connectivity index (χ0) is 18.1. The first kappa shape index (κ1) is 15.8. The van der Waals surface area contributed by atoms with Gasteiger partial charge in [0, 0.05) is 12.1 Å². The van der Waals surface area contributed by atoms with Crippen LogP contribution in [0.15, 0.2) is 48.7 Å². The van der Waals surface area contributed by atoms with Crippen LogP contribution in [0.4, 0.5) is 17.3 Å². The van der Waals surface area contributed by atoms with Crippen molar-refractivity contribution in [2.45, 2.75) is 6.92 Å². The second kappa shape index (κ2) is 6.32. The summed E-state index contributed by atoms with van der Waals surface area (Å²) >= 11 is 0. The Balaban J connectivity index is 1.75. The lowest BCUT2D eigenvalue weighted by molar-refractivity contribution is 0.398. The quantitative estimate of drug-likeness (QED) is 0.585. The first-order chi connectivity index (χ1) is 12.6. The molecule has 0 fully saturated rings. The van der Waals surface area contributed by atoms with Gasteiger partial charge in [0.1, 0.15) is 17.5 Å². The van der Waals surface area contributed by atoms with Crippen molar-refractivity contribution in [3.63, 3.8) is 0 Å². The van der Waals surface area contributed by atoms with Crippen LogP contribution in [0.2, 0.25) is 0 Å². The molecule has 0 radical (unpaired) electrons. The number of rotatable bonds is 4. The third-order valence-electron chi connectivity index (χ3n) is 3.88. The highest BCUT2D eigenvalue weighted by atomic mass is 16.5. The van der Waals surface area contributed by atoms with Gasteiger partial charge in [-0.25, -0.2) is 9.97 Å². The molecule has 4 aromatic rings. The number of hydrogen-bond acceptors (Lipinski definition) is 7. The molecule has 0 saturated carbocycles. The molecule has 0 saturated heterocycles. The maximum Gasteiger partial charge on any atom is 0.239 e. The lowest BCUT2D eigenvalue weighted by Crippen LogP contribution is -2.07. The Labute approximate surface area is 149 Å². The molecule has 0 unspecified atom stereocenters. The maximum atomic E-state index is 6.00. The van der Waals surface area contributed by atoms with Crippen molar-refractivity contribution in [3.05, 3.63) is 54.5 Å². The van der Waals surface area contributed by atoms with Crippen LogP contribution in [0.1, 0.15) is 5.82 Å². The number of nitrogens with zero attached hydrogens (tertiary/aromatic N) is 5. The molecule has 3 N–H and O–H groups in total. The highest BCUT2D eigenvalue weighted by molar-refractivity contribution is 5.77. The van der Waals surface area contributed by atoms with E-state index in [1.54, 1.807) is 25.4 Å². The smallest absolute Gasteiger partial charge is 0.239 e. The average Bonchev–Trinajstić information content (AvgIpc) is 2.97. The summed E-state index contributed by atoms with van der Waals surface area (Å²) < 4.78 is 6.94. The van der Waals surface area contributed by atoms with Crippen LogP contribution >= 0.6 is 0 Å². The molecule has 0 atom stereocenters. The van der Waals surface area contributed by atoms with Gasteiger partial charge in [0.05, 0.1) is 30.0 Å². The summed E-state index contributed by atoms with van der Waals surface area (Å²) in [4.78, 5) is 17.7. The molecule has 8 nitrogen and oxygen atoms in total. The molecular weight excluding hydrogens is 330 g/mol. The molecule has 0 amide bonds. The summed E-state index contributed by atoms with van der Waals surface area (Å²) in [6.07, 6.45) is 1.66. The maximum absolute atomic E-state index is 6.00. The molecule has 3 heterocycles. The number of aromatic nitrogens is 5. The van der Waals surface area contributed by atoms with Crippen LogP contribution in [0.25, 0.3) is 17.0 Å². The number of hydrogen-bond donors (Lipinski definition) is 2. The summed E-state index contributed by atoms with van der Waals surface area (Å²) in [5, 5.41) is 3.18. The second-order valence-corrected chi connectivity index (χ2v) is 5.68. The molecule has 0 bridgehead atoms. The Hall–Kier alpha value is -3.68. The largest absolute Gasteiger partial charge is 0.481 e. The minimum Gasteiger partial charge on any atom is -0.481 e. The van der Waals surface area contributed by atoms with E-state index in [-0.39, 0.29) is 0 Å². The fraction of sp³-hybridized carbons (Fsp3) is 0.111. The molecule has 0 aliphatic carbocycles. The van der Waals surface area contributed by atoms with Crippen molar-refractivity contribution in [2.75, 3.05) is 18.2 Å². The summed E-state index contributed by atoms with van der Waals surface area (Å²) in [5.41, 5.74) is 8.57. The molecule has 0 spiro atoms. The molecular formula is C18H17N7O. The summed E-state index contributed by atoms with van der Waals surface area (Å²) in [6.45, 7) is 1.91. The average molecular weight is 347 g/mol. The molecule has 1 aromatic carbocycles. The van der Waals surface area contributed by atoms with Gasteiger partial charge < -0.3 is 15.8 Å². The molecule has 3 aromatic heterocycles. The number of nitrogens with two attached hydrogens (primary N) is 1. The van der Waals surface area contributed by atoms with E-state index >= 15 is 0 Å². The van der Waals surface area contributed by atoms with Crippen LogP contribution in [-0.2, 0) is 0 Å². The minimum absolute atomic E-state index is 0.358. The van der Waals surface area contributed by atoms with E-state index in [4.69, 9.17) is 10.5 Å². The van der Waals surface area contributed by atoms with Gasteiger partial charge in [0.15, 0.2) is 0 Å². The Bertz CT molecular complexity index is 1070. The molecule has 130 valence electrons. The lowest BCUT2D eigenvalue weighted by Gasteiger charge is -2.10. The number of pyridine rings is 1. The predicted octanol–water partition coefficient (Wildman–Crippen LogP) is 2.85. The third kappa shape index (κ3) is 2.88. The van der Waals surface area contributed by atoms with Gasteiger partial charge in [0.2, 0.25) is 11.8 Å². The van der Waals surface area contributed by atoms with E-state index < -0.39 is 0 Å². The summed E-state index contributed by atoms with van der Waals surface area (Å²) in [7, 11) is 1.57. The van der Waals surface area contributed by atoms with Crippen molar-refractivity contribution in [1.29, 1.82) is 0 Å². The SMILES string of the molecule is COc1ccc(Nc2cc(N)nc(-n3c(C)nc4ccccc43)n2)cn1. The number of nitrogen functional groups attached to an aromatic ring is 1. The first-order valence-electron chi connectivity index (χ1n) is 8.00. The number of nitrogens with one attached hydrogen (secondary N) is 1. The number of aryl methyl sites for hydroxylation is 1. The second-order valence-electron chi connectivity index (χ2n) is 5.68. The number of para-hydroxylation sites is 2. The molecule has 26 heavy (non-hydrogen) atoms. The van der Waals surface area contributed by atoms with E-state index in [2.05, 4.69) is 25.3 Å². The van der Waals surface area contributed by atoms with Crippen LogP contribution in [0.5, 0.6) is 5.88 Å². The normalized spacial score (nSPS) is 10.8. The van der Waals surface area contributed by atoms with E-state index in [1.165, 1.54) is 0 Å². The van der Waals surface area contributed by atoms with Crippen molar-refractivity contribution >= 4 is 28.4 Å². The van der Waals surface area contributed by atoms with Crippen LogP contribution < -0.4 is 15.8 Å². The van der Waals surface area contributed by atoms with E-state index in [9.17, 15) is 0 Å². The van der Waals surface area contributed by atoms with Crippen molar-refractivity contribution in [2.24, 2.45) is 0 Å². The molecule has 4 rings (SSSR count). The third-order valence-corrected chi connectivity index (χ3v) is 3.88. The minimum atomic E-state index is 0.358. The number of benzene rings is 1. The number of ether oxygens (including phenoxy) is 1. The summed E-state index contributed by atoms with van der Waals surface area (Å²) in [6, 6.07) is 13.1. The Kier molecular flexibility index (Phi) is 3.85. The van der Waals surface area contributed by atoms with Crippen LogP contribution in [0.3, 0.4) is 0 Å². The zero-order valence-corrected chi connectivity index (χ0v) is 14.3. The van der Waals surface area contributed by atoms with Crippen LogP contribution in [0, 0.1) is 6.92 Å². The van der Waals surface area contributed by atoms with E-state index in [0.29, 0.717) is 23.5 Å². The molecule has 8 heteroatoms. The van der Waals surface area contributed by atoms with Crippen molar-refractivity contribution < 1.29 is 4.74 Å². The fourth-order valence-corrected chi connectivity index (χ4v) is 2.74. The lowest BCUT2D eigenvalue weighted by atomic mass is 10.3. The molecule has 0 aliphatic rings. The predicted molar refractivity (Wildman–Crippen MR) is 99.9 cm³/mol. The fourth-order valence-electron chi connectivity index (χ4n) is 2.74. The Morgan fingerprint density at radius 3 is 2.69 bits per heavy atom. The number of anilines is 3. The zero-order valence-electron chi connectivity index (χ0n) is 14.3. The summed E-state index contributed by atoms with van der Waals surface area (Å²) in [5.74, 6) is 2.71. The highest BCUT2D eigenvalue weighted by Gasteiger charge is 2.13. The Morgan fingerprint density at radius 2 is 1.92 bits per heavy atom. The van der Waals surface area contributed by atoms with Crippen molar-refractivity contribution in [3.8, 4) is 11.8 Å². The number of methoxy groups -OCH3 is 1. The van der Waals surface area contributed by atoms with Gasteiger partial charge in [-0.3, -0.25) is 4.57 Å². The van der Waals surface area contributed by atoms with Crippen LogP contribution in [-0.4, -0.2) is 31.6 Å². The van der Waals surface area contributed by atoms with Gasteiger partial charge in [0.25, 0.3) is 0 Å². The number of fused-ring (bicyclic) bond motifs is 1.